The third kappa shape index (κ3) is 8.29. The molecule has 4 N–H and O–H groups in total. The van der Waals surface area contributed by atoms with Crippen LogP contribution in [0.15, 0.2) is 54.6 Å². The number of nitrogens with zero attached hydrogens (tertiary/aromatic N) is 1. The monoisotopic (exact) mass is 538 g/mol. The van der Waals surface area contributed by atoms with E-state index in [1.807, 2.05) is 30.3 Å². The molecule has 3 rings (SSSR count). The maximum Gasteiger partial charge on any atom is 0.326 e. The summed E-state index contributed by atoms with van der Waals surface area (Å²) in [6.07, 6.45) is -0.172. The number of carboxylic acid groups (broad SMARTS) is 1. The number of carbonyl (C=O) groups excluding carboxylic acids is 4. The molecule has 1 heterocycles. The van der Waals surface area contributed by atoms with Gasteiger partial charge in [0.1, 0.15) is 24.4 Å². The van der Waals surface area contributed by atoms with Crippen LogP contribution in [0.1, 0.15) is 36.2 Å². The van der Waals surface area contributed by atoms with Gasteiger partial charge in [-0.2, -0.15) is 0 Å². The van der Waals surface area contributed by atoms with Crippen molar-refractivity contribution >= 4 is 29.6 Å². The van der Waals surface area contributed by atoms with Crippen molar-refractivity contribution in [3.05, 3.63) is 65.7 Å². The minimum atomic E-state index is -1.55. The van der Waals surface area contributed by atoms with Crippen molar-refractivity contribution in [2.75, 3.05) is 20.2 Å². The quantitative estimate of drug-likeness (QED) is 0.452. The molecule has 0 bridgehead atoms. The first kappa shape index (κ1) is 29.2. The Hall–Kier alpha value is -4.41. The lowest BCUT2D eigenvalue weighted by Gasteiger charge is -2.28. The first-order valence-electron chi connectivity index (χ1n) is 12.7. The number of amides is 4. The summed E-state index contributed by atoms with van der Waals surface area (Å²) in [5.41, 5.74) is 1.02. The second-order valence-electron chi connectivity index (χ2n) is 9.81. The smallest absolute Gasteiger partial charge is 0.326 e. The molecule has 3 atom stereocenters. The average molecular weight is 539 g/mol. The van der Waals surface area contributed by atoms with Crippen LogP contribution >= 0.6 is 0 Å². The molecule has 2 aromatic carbocycles. The standard InChI is InChI=1S/C28H34N4O7/c1-17(2)25-27(36)32(3)15-24(34)29-19(13-18-9-5-4-6-10-18)16-39-22-12-8-7-11-20(22)26(35)30-21(28(37)38)14-23(33)31-25/h4-12,17,19,21,25H,13-16H2,1-3H3,(H,29,34)(H,30,35)(H,31,33)(H,37,38)/t19-,21+,25+/m1/s1. The molecule has 1 aliphatic heterocycles. The van der Waals surface area contributed by atoms with Crippen molar-refractivity contribution < 1.29 is 33.8 Å². The number of carbonyl (C=O) groups is 5. The van der Waals surface area contributed by atoms with Gasteiger partial charge in [0, 0.05) is 7.05 Å². The number of ether oxygens (including phenoxy) is 1. The topological polar surface area (TPSA) is 154 Å². The number of carboxylic acids is 1. The number of nitrogens with one attached hydrogen (secondary N) is 3. The number of likely N-dealkylation sites (N-methyl/N-ethyl adjacent to an activating group) is 1. The fourth-order valence-electron chi connectivity index (χ4n) is 4.19. The number of aliphatic carboxylic acids is 1. The zero-order valence-electron chi connectivity index (χ0n) is 22.2. The van der Waals surface area contributed by atoms with Crippen LogP contribution in [-0.4, -0.2) is 77.9 Å². The molecule has 0 radical (unpaired) electrons. The van der Waals surface area contributed by atoms with E-state index in [0.717, 1.165) is 5.56 Å². The molecule has 0 spiro atoms. The summed E-state index contributed by atoms with van der Waals surface area (Å²) in [5.74, 6) is -3.97. The van der Waals surface area contributed by atoms with E-state index in [4.69, 9.17) is 4.74 Å². The Morgan fingerprint density at radius 3 is 2.31 bits per heavy atom. The van der Waals surface area contributed by atoms with Crippen LogP contribution in [-0.2, 0) is 25.6 Å². The van der Waals surface area contributed by atoms with Gasteiger partial charge in [0.25, 0.3) is 5.91 Å². The lowest BCUT2D eigenvalue weighted by atomic mass is 10.0. The van der Waals surface area contributed by atoms with Crippen LogP contribution in [0.3, 0.4) is 0 Å². The number of fused-ring (bicyclic) bond motifs is 1. The van der Waals surface area contributed by atoms with Crippen molar-refractivity contribution in [2.45, 2.75) is 44.8 Å². The van der Waals surface area contributed by atoms with Crippen LogP contribution in [0.5, 0.6) is 5.75 Å². The van der Waals surface area contributed by atoms with E-state index in [-0.39, 0.29) is 30.4 Å². The van der Waals surface area contributed by atoms with E-state index >= 15 is 0 Å². The number of para-hydroxylation sites is 1. The van der Waals surface area contributed by atoms with E-state index < -0.39 is 54.1 Å². The molecular weight excluding hydrogens is 504 g/mol. The number of benzene rings is 2. The highest BCUT2D eigenvalue weighted by Crippen LogP contribution is 2.19. The summed E-state index contributed by atoms with van der Waals surface area (Å²) >= 11 is 0. The number of rotatable bonds is 4. The lowest BCUT2D eigenvalue weighted by Crippen LogP contribution is -2.54. The predicted octanol–water partition coefficient (Wildman–Crippen LogP) is 0.979. The Bertz CT molecular complexity index is 1200. The molecule has 4 amide bonds. The Balaban J connectivity index is 1.95. The molecule has 0 aliphatic carbocycles. The first-order valence-corrected chi connectivity index (χ1v) is 12.7. The maximum absolute atomic E-state index is 13.1. The summed E-state index contributed by atoms with van der Waals surface area (Å²) in [4.78, 5) is 65.0. The van der Waals surface area contributed by atoms with Gasteiger partial charge in [-0.1, -0.05) is 56.3 Å². The normalized spacial score (nSPS) is 21.6. The summed E-state index contributed by atoms with van der Waals surface area (Å²) in [6.45, 7) is 3.18. The number of hydrogen-bond donors (Lipinski definition) is 4. The van der Waals surface area contributed by atoms with Gasteiger partial charge in [0.2, 0.25) is 17.7 Å². The summed E-state index contributed by atoms with van der Waals surface area (Å²) in [5, 5.41) is 17.5. The van der Waals surface area contributed by atoms with E-state index in [1.165, 1.54) is 18.0 Å². The molecule has 0 saturated heterocycles. The largest absolute Gasteiger partial charge is 0.491 e. The molecule has 0 saturated carbocycles. The second-order valence-corrected chi connectivity index (χ2v) is 9.81. The highest BCUT2D eigenvalue weighted by atomic mass is 16.5. The second kappa shape index (κ2) is 13.4. The van der Waals surface area contributed by atoms with Gasteiger partial charge in [-0.25, -0.2) is 4.79 Å². The van der Waals surface area contributed by atoms with Crippen molar-refractivity contribution in [1.29, 1.82) is 0 Å². The highest BCUT2D eigenvalue weighted by molar-refractivity contribution is 6.00. The molecule has 11 nitrogen and oxygen atoms in total. The molecule has 0 fully saturated rings. The first-order chi connectivity index (χ1) is 18.5. The number of hydrogen-bond acceptors (Lipinski definition) is 6. The Labute approximate surface area is 226 Å². The van der Waals surface area contributed by atoms with Crippen LogP contribution < -0.4 is 20.7 Å². The fourth-order valence-corrected chi connectivity index (χ4v) is 4.19. The van der Waals surface area contributed by atoms with Gasteiger partial charge < -0.3 is 30.7 Å². The van der Waals surface area contributed by atoms with Crippen LogP contribution in [0, 0.1) is 5.92 Å². The van der Waals surface area contributed by atoms with Crippen LogP contribution in [0.25, 0.3) is 0 Å². The van der Waals surface area contributed by atoms with Gasteiger partial charge in [-0.15, -0.1) is 0 Å². The molecule has 39 heavy (non-hydrogen) atoms. The van der Waals surface area contributed by atoms with Crippen molar-refractivity contribution in [2.24, 2.45) is 5.92 Å². The summed E-state index contributed by atoms with van der Waals surface area (Å²) in [6, 6.07) is 12.7. The van der Waals surface area contributed by atoms with Gasteiger partial charge in [-0.05, 0) is 30.0 Å². The predicted molar refractivity (Wildman–Crippen MR) is 142 cm³/mol. The summed E-state index contributed by atoms with van der Waals surface area (Å²) in [7, 11) is 1.46. The minimum Gasteiger partial charge on any atom is -0.491 e. The van der Waals surface area contributed by atoms with Crippen molar-refractivity contribution in [3.63, 3.8) is 0 Å². The van der Waals surface area contributed by atoms with Gasteiger partial charge in [-0.3, -0.25) is 19.2 Å². The third-order valence-corrected chi connectivity index (χ3v) is 6.26. The average Bonchev–Trinajstić information content (AvgIpc) is 2.89. The van der Waals surface area contributed by atoms with Gasteiger partial charge >= 0.3 is 5.97 Å². The van der Waals surface area contributed by atoms with E-state index in [0.29, 0.717) is 6.42 Å². The fraction of sp³-hybridized carbons (Fsp3) is 0.393. The zero-order chi connectivity index (χ0) is 28.5. The zero-order valence-corrected chi connectivity index (χ0v) is 22.2. The third-order valence-electron chi connectivity index (χ3n) is 6.26. The van der Waals surface area contributed by atoms with Crippen LogP contribution in [0.4, 0.5) is 0 Å². The molecule has 1 aliphatic rings. The van der Waals surface area contributed by atoms with E-state index in [2.05, 4.69) is 16.0 Å². The van der Waals surface area contributed by atoms with Crippen molar-refractivity contribution in [1.82, 2.24) is 20.9 Å². The minimum absolute atomic E-state index is 0.000389. The SMILES string of the molecule is CC(C)[C@@H]1NC(=O)C[C@@H](C(=O)O)NC(=O)c2ccccc2OC[C@@H](Cc2ccccc2)NC(=O)CN(C)C1=O. The van der Waals surface area contributed by atoms with E-state index in [9.17, 15) is 29.1 Å². The lowest BCUT2D eigenvalue weighted by molar-refractivity contribution is -0.142. The van der Waals surface area contributed by atoms with Gasteiger partial charge in [0.15, 0.2) is 0 Å². The highest BCUT2D eigenvalue weighted by Gasteiger charge is 2.31. The molecular formula is C28H34N4O7. The maximum atomic E-state index is 13.1. The molecule has 208 valence electrons. The molecule has 0 aromatic heterocycles. The Morgan fingerprint density at radius 2 is 1.64 bits per heavy atom. The van der Waals surface area contributed by atoms with Crippen LogP contribution in [0.2, 0.25) is 0 Å². The summed E-state index contributed by atoms with van der Waals surface area (Å²) < 4.78 is 5.95. The van der Waals surface area contributed by atoms with Crippen molar-refractivity contribution in [3.8, 4) is 5.75 Å². The molecule has 0 unspecified atom stereocenters. The molecule has 2 aromatic rings. The van der Waals surface area contributed by atoms with E-state index in [1.54, 1.807) is 32.0 Å². The molecule has 11 heteroatoms. The van der Waals surface area contributed by atoms with Gasteiger partial charge in [0.05, 0.1) is 24.6 Å². The Morgan fingerprint density at radius 1 is 0.974 bits per heavy atom. The Kier molecular flexibility index (Phi) is 10.0.